The second-order valence-electron chi connectivity index (χ2n) is 5.94. The summed E-state index contributed by atoms with van der Waals surface area (Å²) in [5, 5.41) is 7.75. The summed E-state index contributed by atoms with van der Waals surface area (Å²) in [4.78, 5) is 14.9. The van der Waals surface area contributed by atoms with Crippen molar-refractivity contribution >= 4 is 17.2 Å². The van der Waals surface area contributed by atoms with Crippen LogP contribution in [0.25, 0.3) is 0 Å². The summed E-state index contributed by atoms with van der Waals surface area (Å²) in [5.74, 6) is 0.566. The maximum atomic E-state index is 12.8. The van der Waals surface area contributed by atoms with E-state index in [2.05, 4.69) is 40.9 Å². The molecule has 0 bridgehead atoms. The number of amides is 1. The summed E-state index contributed by atoms with van der Waals surface area (Å²) < 4.78 is 5.44. The number of hydrogen-bond donors (Lipinski definition) is 1. The van der Waals surface area contributed by atoms with Crippen molar-refractivity contribution in [1.82, 2.24) is 10.2 Å². The molecular formula is C15H22N2O2S. The van der Waals surface area contributed by atoms with Crippen molar-refractivity contribution in [3.05, 3.63) is 22.4 Å². The van der Waals surface area contributed by atoms with E-state index in [1.807, 2.05) is 0 Å². The molecule has 2 aliphatic rings. The quantitative estimate of drug-likeness (QED) is 0.930. The fourth-order valence-corrected chi connectivity index (χ4v) is 3.81. The number of thiophene rings is 1. The van der Waals surface area contributed by atoms with E-state index in [4.69, 9.17) is 4.74 Å². The van der Waals surface area contributed by atoms with Crippen molar-refractivity contribution in [2.75, 3.05) is 13.2 Å². The molecule has 2 saturated heterocycles. The van der Waals surface area contributed by atoms with Crippen molar-refractivity contribution in [3.8, 4) is 0 Å². The Morgan fingerprint density at radius 1 is 1.40 bits per heavy atom. The van der Waals surface area contributed by atoms with Gasteiger partial charge < -0.3 is 9.64 Å². The average Bonchev–Trinajstić information content (AvgIpc) is 3.06. The largest absolute Gasteiger partial charge is 0.381 e. The summed E-state index contributed by atoms with van der Waals surface area (Å²) in [6, 6.07) is 2.35. The van der Waals surface area contributed by atoms with E-state index >= 15 is 0 Å². The normalized spacial score (nSPS) is 28.6. The van der Waals surface area contributed by atoms with Gasteiger partial charge in [0, 0.05) is 19.3 Å². The molecule has 2 fully saturated rings. The number of nitrogens with zero attached hydrogens (tertiary/aromatic N) is 1. The van der Waals surface area contributed by atoms with Crippen LogP contribution in [0.15, 0.2) is 16.8 Å². The zero-order valence-corrected chi connectivity index (χ0v) is 12.9. The molecule has 1 aromatic heterocycles. The van der Waals surface area contributed by atoms with Crippen LogP contribution in [0.3, 0.4) is 0 Å². The lowest BCUT2D eigenvalue weighted by molar-refractivity contribution is -0.134. The van der Waals surface area contributed by atoms with Gasteiger partial charge in [0.05, 0.1) is 6.04 Å². The highest BCUT2D eigenvalue weighted by Crippen LogP contribution is 2.33. The highest BCUT2D eigenvalue weighted by atomic mass is 32.1. The van der Waals surface area contributed by atoms with Gasteiger partial charge >= 0.3 is 0 Å². The Labute approximate surface area is 124 Å². The summed E-state index contributed by atoms with van der Waals surface area (Å²) in [7, 11) is 0. The molecule has 4 nitrogen and oxygen atoms in total. The minimum absolute atomic E-state index is 0.0317. The summed E-state index contributed by atoms with van der Waals surface area (Å²) in [6.07, 6.45) is 1.92. The first-order chi connectivity index (χ1) is 9.68. The van der Waals surface area contributed by atoms with Crippen LogP contribution in [0.4, 0.5) is 0 Å². The topological polar surface area (TPSA) is 41.6 Å². The van der Waals surface area contributed by atoms with E-state index in [1.165, 1.54) is 5.56 Å². The molecule has 0 radical (unpaired) electrons. The molecule has 0 aromatic carbocycles. The highest BCUT2D eigenvalue weighted by molar-refractivity contribution is 7.07. The molecule has 1 N–H and O–H groups in total. The average molecular weight is 294 g/mol. The van der Waals surface area contributed by atoms with E-state index < -0.39 is 0 Å². The van der Waals surface area contributed by atoms with Crippen LogP contribution in [-0.4, -0.2) is 36.1 Å². The predicted molar refractivity (Wildman–Crippen MR) is 79.5 cm³/mol. The molecule has 1 amide bonds. The number of hydrogen-bond acceptors (Lipinski definition) is 4. The number of rotatable bonds is 3. The van der Waals surface area contributed by atoms with Crippen LogP contribution in [0.5, 0.6) is 0 Å². The van der Waals surface area contributed by atoms with E-state index in [0.29, 0.717) is 12.0 Å². The third-order valence-electron chi connectivity index (χ3n) is 4.25. The van der Waals surface area contributed by atoms with E-state index in [-0.39, 0.29) is 18.1 Å². The van der Waals surface area contributed by atoms with Crippen molar-refractivity contribution in [1.29, 1.82) is 0 Å². The molecule has 2 unspecified atom stereocenters. The van der Waals surface area contributed by atoms with Crippen LogP contribution in [0, 0.1) is 5.92 Å². The van der Waals surface area contributed by atoms with Crippen molar-refractivity contribution < 1.29 is 9.53 Å². The van der Waals surface area contributed by atoms with Gasteiger partial charge in [-0.25, -0.2) is 0 Å². The molecule has 2 aliphatic heterocycles. The van der Waals surface area contributed by atoms with Crippen LogP contribution in [0.1, 0.15) is 38.4 Å². The first kappa shape index (κ1) is 14.0. The van der Waals surface area contributed by atoms with Gasteiger partial charge in [0.2, 0.25) is 5.91 Å². The molecular weight excluding hydrogens is 272 g/mol. The first-order valence-corrected chi connectivity index (χ1v) is 8.31. The standard InChI is InChI=1S/C15H22N2O2S/c1-10(2)13-15(18)17(12-3-6-19-7-4-12)14(16-13)11-5-8-20-9-11/h5,8-10,12-14,16H,3-4,6-7H2,1-2H3. The van der Waals surface area contributed by atoms with Gasteiger partial charge in [0.15, 0.2) is 0 Å². The maximum Gasteiger partial charge on any atom is 0.241 e. The molecule has 0 saturated carbocycles. The summed E-state index contributed by atoms with van der Waals surface area (Å²) >= 11 is 1.68. The van der Waals surface area contributed by atoms with Gasteiger partial charge in [-0.1, -0.05) is 13.8 Å². The SMILES string of the molecule is CC(C)C1NC(c2ccsc2)N(C2CCOCC2)C1=O. The second kappa shape index (κ2) is 5.84. The number of ether oxygens (including phenoxy) is 1. The molecule has 3 heterocycles. The third kappa shape index (κ3) is 2.50. The molecule has 20 heavy (non-hydrogen) atoms. The van der Waals surface area contributed by atoms with Gasteiger partial charge in [-0.3, -0.25) is 10.1 Å². The Morgan fingerprint density at radius 2 is 2.15 bits per heavy atom. The lowest BCUT2D eigenvalue weighted by Gasteiger charge is -2.35. The molecule has 2 atom stereocenters. The molecule has 5 heteroatoms. The fraction of sp³-hybridized carbons (Fsp3) is 0.667. The fourth-order valence-electron chi connectivity index (χ4n) is 3.13. The first-order valence-electron chi connectivity index (χ1n) is 7.36. The Bertz CT molecular complexity index is 454. The van der Waals surface area contributed by atoms with Gasteiger partial charge in [-0.05, 0) is 41.1 Å². The Balaban J connectivity index is 1.87. The van der Waals surface area contributed by atoms with Crippen molar-refractivity contribution in [2.24, 2.45) is 5.92 Å². The van der Waals surface area contributed by atoms with Crippen molar-refractivity contribution in [3.63, 3.8) is 0 Å². The minimum atomic E-state index is -0.0669. The zero-order chi connectivity index (χ0) is 14.1. The Hall–Kier alpha value is -0.910. The number of carbonyl (C=O) groups is 1. The Morgan fingerprint density at radius 3 is 2.75 bits per heavy atom. The van der Waals surface area contributed by atoms with Gasteiger partial charge in [-0.15, -0.1) is 0 Å². The molecule has 110 valence electrons. The van der Waals surface area contributed by atoms with E-state index in [1.54, 1.807) is 11.3 Å². The van der Waals surface area contributed by atoms with E-state index in [0.717, 1.165) is 26.1 Å². The zero-order valence-electron chi connectivity index (χ0n) is 12.0. The predicted octanol–water partition coefficient (Wildman–Crippen LogP) is 2.38. The number of carbonyl (C=O) groups excluding carboxylic acids is 1. The monoisotopic (exact) mass is 294 g/mol. The lowest BCUT2D eigenvalue weighted by atomic mass is 10.0. The van der Waals surface area contributed by atoms with Gasteiger partial charge in [0.1, 0.15) is 6.17 Å². The highest BCUT2D eigenvalue weighted by Gasteiger charge is 2.44. The van der Waals surface area contributed by atoms with Gasteiger partial charge in [-0.2, -0.15) is 11.3 Å². The van der Waals surface area contributed by atoms with Crippen LogP contribution < -0.4 is 5.32 Å². The molecule has 3 rings (SSSR count). The maximum absolute atomic E-state index is 12.8. The third-order valence-corrected chi connectivity index (χ3v) is 4.95. The summed E-state index contributed by atoms with van der Waals surface area (Å²) in [5.41, 5.74) is 1.21. The summed E-state index contributed by atoms with van der Waals surface area (Å²) in [6.45, 7) is 5.73. The number of nitrogens with one attached hydrogen (secondary N) is 1. The van der Waals surface area contributed by atoms with Crippen LogP contribution in [-0.2, 0) is 9.53 Å². The smallest absolute Gasteiger partial charge is 0.241 e. The second-order valence-corrected chi connectivity index (χ2v) is 6.72. The molecule has 0 aliphatic carbocycles. The van der Waals surface area contributed by atoms with E-state index in [9.17, 15) is 4.79 Å². The molecule has 0 spiro atoms. The Kier molecular flexibility index (Phi) is 4.10. The van der Waals surface area contributed by atoms with Gasteiger partial charge in [0.25, 0.3) is 0 Å². The van der Waals surface area contributed by atoms with Crippen molar-refractivity contribution in [2.45, 2.75) is 44.9 Å². The molecule has 1 aromatic rings. The minimum Gasteiger partial charge on any atom is -0.381 e. The van der Waals surface area contributed by atoms with Crippen LogP contribution in [0.2, 0.25) is 0 Å². The van der Waals surface area contributed by atoms with Crippen LogP contribution >= 0.6 is 11.3 Å². The lowest BCUT2D eigenvalue weighted by Crippen LogP contribution is -2.43.